The van der Waals surface area contributed by atoms with Gasteiger partial charge in [-0.05, 0) is 0 Å². The summed E-state index contributed by atoms with van der Waals surface area (Å²) in [5.41, 5.74) is 0. The fraction of sp³-hybridized carbons (Fsp3) is 0. The van der Waals surface area contributed by atoms with Crippen LogP contribution in [0.1, 0.15) is 0 Å². The van der Waals surface area contributed by atoms with Crippen LogP contribution in [0.4, 0.5) is 0 Å². The van der Waals surface area contributed by atoms with Gasteiger partial charge in [-0.25, -0.2) is 0 Å². The van der Waals surface area contributed by atoms with Crippen molar-refractivity contribution in [1.29, 1.82) is 0 Å². The Morgan fingerprint density at radius 1 is 1.43 bits per heavy atom. The van der Waals surface area contributed by atoms with E-state index in [0.29, 0.717) is 0 Å². The molecule has 0 spiro atoms. The Bertz CT molecular complexity index is 54.2. The van der Waals surface area contributed by atoms with Crippen LogP contribution >= 0.6 is 7.82 Å². The molecule has 0 heterocycles. The second-order valence-corrected chi connectivity index (χ2v) is 1.41. The van der Waals surface area contributed by atoms with Crippen molar-refractivity contribution < 1.29 is 46.4 Å². The first-order valence-corrected chi connectivity index (χ1v) is 2.24. The molecule has 0 bridgehead atoms. The molecule has 7 heteroatoms. The van der Waals surface area contributed by atoms with E-state index in [2.05, 4.69) is 0 Å². The first kappa shape index (κ1) is 15.7. The van der Waals surface area contributed by atoms with Gasteiger partial charge in [-0.1, -0.05) is 0 Å². The molecule has 0 saturated heterocycles. The first-order chi connectivity index (χ1) is 2.00. The van der Waals surface area contributed by atoms with Crippen LogP contribution in [0.25, 0.3) is 0 Å². The maximum Gasteiger partial charge on any atom is 4.00 e. The van der Waals surface area contributed by atoms with Gasteiger partial charge in [0.2, 0.25) is 0 Å². The molecule has 0 saturated carbocycles. The molecule has 0 atom stereocenters. The zero-order valence-corrected chi connectivity index (χ0v) is 5.48. The van der Waals surface area contributed by atoms with Crippen LogP contribution < -0.4 is 9.79 Å². The minimum absolute atomic E-state index is 0. The van der Waals surface area contributed by atoms with Crippen molar-refractivity contribution in [3.05, 3.63) is 0 Å². The SMILES string of the molecule is O=P([O-])([O-])O.[O-2].[Ti+4]. The van der Waals surface area contributed by atoms with E-state index in [4.69, 9.17) is 19.2 Å². The number of rotatable bonds is 0. The molecule has 5 nitrogen and oxygen atoms in total. The summed E-state index contributed by atoms with van der Waals surface area (Å²) < 4.78 is 8.66. The van der Waals surface area contributed by atoms with E-state index >= 15 is 0 Å². The second-order valence-electron chi connectivity index (χ2n) is 0.469. The summed E-state index contributed by atoms with van der Waals surface area (Å²) in [6.45, 7) is 0. The Morgan fingerprint density at radius 2 is 1.43 bits per heavy atom. The molecule has 0 aliphatic rings. The average Bonchev–Trinajstić information content (AvgIpc) is 0.722. The van der Waals surface area contributed by atoms with Crippen molar-refractivity contribution in [2.75, 3.05) is 0 Å². The van der Waals surface area contributed by atoms with Crippen molar-refractivity contribution in [3.8, 4) is 0 Å². The van der Waals surface area contributed by atoms with Crippen molar-refractivity contribution >= 4 is 7.82 Å². The van der Waals surface area contributed by atoms with Gasteiger partial charge in [-0.15, -0.1) is 0 Å². The quantitative estimate of drug-likeness (QED) is 0.316. The van der Waals surface area contributed by atoms with E-state index in [0.717, 1.165) is 0 Å². The molecule has 0 rings (SSSR count). The van der Waals surface area contributed by atoms with Crippen LogP contribution in [0, 0.1) is 0 Å². The third kappa shape index (κ3) is 252. The zero-order chi connectivity index (χ0) is 4.50. The molecule has 0 amide bonds. The van der Waals surface area contributed by atoms with Gasteiger partial charge in [-0.2, -0.15) is 0 Å². The van der Waals surface area contributed by atoms with Crippen molar-refractivity contribution in [1.82, 2.24) is 0 Å². The van der Waals surface area contributed by atoms with Crippen LogP contribution in [0.15, 0.2) is 0 Å². The summed E-state index contributed by atoms with van der Waals surface area (Å²) in [5.74, 6) is 0. The minimum atomic E-state index is -5.14. The summed E-state index contributed by atoms with van der Waals surface area (Å²) in [5, 5.41) is 0. The van der Waals surface area contributed by atoms with Gasteiger partial charge in [0.25, 0.3) is 0 Å². The van der Waals surface area contributed by atoms with Crippen molar-refractivity contribution in [3.63, 3.8) is 0 Å². The smallest absolute Gasteiger partial charge is 2.00 e. The van der Waals surface area contributed by atoms with Gasteiger partial charge in [0, 0.05) is 0 Å². The number of phosphoric acid groups is 1. The molecule has 40 valence electrons. The average molecular weight is 160 g/mol. The summed E-state index contributed by atoms with van der Waals surface area (Å²) in [6.07, 6.45) is 0. The van der Waals surface area contributed by atoms with Gasteiger partial charge in [-0.3, -0.25) is 0 Å². The van der Waals surface area contributed by atoms with Crippen LogP contribution in [0.5, 0.6) is 0 Å². The Labute approximate surface area is 54.8 Å². The molecule has 7 heavy (non-hydrogen) atoms. The Kier molecular flexibility index (Phi) is 11.0. The maximum atomic E-state index is 8.66. The molecule has 0 radical (unpaired) electrons. The van der Waals surface area contributed by atoms with E-state index in [1.165, 1.54) is 0 Å². The standard InChI is InChI=1S/H3O4P.O.Ti/c1-5(2,3)4;;/h(H3,1,2,3,4);;/q;-2;+4/p-2. The van der Waals surface area contributed by atoms with Crippen LogP contribution in [-0.2, 0) is 31.8 Å². The monoisotopic (exact) mass is 160 g/mol. The summed E-state index contributed by atoms with van der Waals surface area (Å²) in [4.78, 5) is 24.3. The van der Waals surface area contributed by atoms with Gasteiger partial charge >= 0.3 is 21.7 Å². The van der Waals surface area contributed by atoms with Crippen LogP contribution in [-0.4, -0.2) is 4.89 Å². The zero-order valence-electron chi connectivity index (χ0n) is 3.03. The van der Waals surface area contributed by atoms with E-state index in [9.17, 15) is 0 Å². The Balaban J connectivity index is -0.0000000800. The fourth-order valence-electron chi connectivity index (χ4n) is 0. The van der Waals surface area contributed by atoms with E-state index < -0.39 is 7.82 Å². The Morgan fingerprint density at radius 3 is 1.43 bits per heavy atom. The third-order valence-corrected chi connectivity index (χ3v) is 0. The topological polar surface area (TPSA) is 112 Å². The van der Waals surface area contributed by atoms with Crippen molar-refractivity contribution in [2.24, 2.45) is 0 Å². The molecular formula is HO5PTi. The Hall–Kier alpha value is 0.784. The van der Waals surface area contributed by atoms with Gasteiger partial charge < -0.3 is 24.7 Å². The van der Waals surface area contributed by atoms with Gasteiger partial charge in [0.15, 0.2) is 0 Å². The molecule has 1 N–H and O–H groups in total. The minimum Gasteiger partial charge on any atom is -2.00 e. The summed E-state index contributed by atoms with van der Waals surface area (Å²) in [7, 11) is -5.14. The fourth-order valence-corrected chi connectivity index (χ4v) is 0. The maximum absolute atomic E-state index is 8.66. The van der Waals surface area contributed by atoms with Crippen molar-refractivity contribution in [2.45, 2.75) is 0 Å². The van der Waals surface area contributed by atoms with E-state index in [1.807, 2.05) is 0 Å². The largest absolute Gasteiger partial charge is 4.00 e. The number of hydrogen-bond donors (Lipinski definition) is 1. The molecule has 0 aromatic heterocycles. The third-order valence-electron chi connectivity index (χ3n) is 0. The second kappa shape index (κ2) is 4.93. The summed E-state index contributed by atoms with van der Waals surface area (Å²) in [6, 6.07) is 0. The summed E-state index contributed by atoms with van der Waals surface area (Å²) >= 11 is 0. The molecule has 0 unspecified atom stereocenters. The predicted molar refractivity (Wildman–Crippen MR) is 10.5 cm³/mol. The normalized spacial score (nSPS) is 8.43. The van der Waals surface area contributed by atoms with Gasteiger partial charge in [0.1, 0.15) is 0 Å². The first-order valence-electron chi connectivity index (χ1n) is 0.748. The molecule has 0 aliphatic heterocycles. The van der Waals surface area contributed by atoms with E-state index in [-0.39, 0.29) is 27.2 Å². The molecule has 0 aliphatic carbocycles. The molecular weight excluding hydrogens is 159 g/mol. The van der Waals surface area contributed by atoms with Crippen LogP contribution in [0.2, 0.25) is 0 Å². The molecule has 0 aromatic carbocycles. The molecule has 0 aromatic rings. The van der Waals surface area contributed by atoms with Crippen LogP contribution in [0.3, 0.4) is 0 Å². The molecule has 0 fully saturated rings. The van der Waals surface area contributed by atoms with Gasteiger partial charge in [0.05, 0.1) is 7.82 Å². The number of hydrogen-bond acceptors (Lipinski definition) is 3. The van der Waals surface area contributed by atoms with E-state index in [1.54, 1.807) is 0 Å². The predicted octanol–water partition coefficient (Wildman–Crippen LogP) is -2.31.